The van der Waals surface area contributed by atoms with E-state index in [-0.39, 0.29) is 18.2 Å². The third kappa shape index (κ3) is 4.31. The first-order valence-electron chi connectivity index (χ1n) is 8.52. The van der Waals surface area contributed by atoms with Crippen molar-refractivity contribution < 1.29 is 22.3 Å². The molecular weight excluding hydrogens is 391 g/mol. The fourth-order valence-corrected chi connectivity index (χ4v) is 6.00. The Morgan fingerprint density at radius 2 is 2.11 bits per heavy atom. The molecule has 1 aliphatic rings. The number of piperidine rings is 1. The van der Waals surface area contributed by atoms with Crippen LogP contribution in [0.1, 0.15) is 17.7 Å². The molecule has 0 aliphatic carbocycles. The molecule has 2 heterocycles. The molecule has 1 N–H and O–H groups in total. The molecule has 1 saturated heterocycles. The van der Waals surface area contributed by atoms with E-state index in [2.05, 4.69) is 5.32 Å². The normalized spacial score (nSPS) is 18.3. The third-order valence-corrected chi connectivity index (χ3v) is 7.82. The summed E-state index contributed by atoms with van der Waals surface area (Å²) in [6.45, 7) is 2.36. The number of ether oxygens (including phenoxy) is 1. The predicted molar refractivity (Wildman–Crippen MR) is 102 cm³/mol. The number of hydrogen-bond acceptors (Lipinski definition) is 5. The van der Waals surface area contributed by atoms with E-state index in [1.807, 2.05) is 6.92 Å². The van der Waals surface area contributed by atoms with Crippen molar-refractivity contribution in [1.29, 1.82) is 0 Å². The van der Waals surface area contributed by atoms with Gasteiger partial charge in [-0.05, 0) is 44.0 Å². The van der Waals surface area contributed by atoms with Gasteiger partial charge in [-0.2, -0.15) is 4.31 Å². The number of benzene rings is 1. The van der Waals surface area contributed by atoms with Crippen LogP contribution in [-0.2, 0) is 14.8 Å². The summed E-state index contributed by atoms with van der Waals surface area (Å²) in [5.41, 5.74) is 0.312. The molecule has 3 rings (SSSR count). The first kappa shape index (κ1) is 19.8. The maximum absolute atomic E-state index is 13.8. The van der Waals surface area contributed by atoms with Crippen molar-refractivity contribution in [2.45, 2.75) is 24.0 Å². The van der Waals surface area contributed by atoms with Gasteiger partial charge in [-0.3, -0.25) is 4.79 Å². The number of sulfonamides is 1. The van der Waals surface area contributed by atoms with Crippen molar-refractivity contribution in [3.63, 3.8) is 0 Å². The van der Waals surface area contributed by atoms with Gasteiger partial charge in [-0.15, -0.1) is 11.3 Å². The number of nitrogens with zero attached hydrogens (tertiary/aromatic N) is 1. The molecule has 1 fully saturated rings. The highest BCUT2D eigenvalue weighted by molar-refractivity contribution is 7.91. The highest BCUT2D eigenvalue weighted by atomic mass is 32.2. The minimum atomic E-state index is -3.60. The Morgan fingerprint density at radius 3 is 2.74 bits per heavy atom. The topological polar surface area (TPSA) is 75.7 Å². The fourth-order valence-electron chi connectivity index (χ4n) is 3.04. The number of carbonyl (C=O) groups excluding carboxylic acids is 1. The summed E-state index contributed by atoms with van der Waals surface area (Å²) < 4.78 is 45.9. The summed E-state index contributed by atoms with van der Waals surface area (Å²) in [4.78, 5) is 13.5. The Hall–Kier alpha value is -1.97. The Kier molecular flexibility index (Phi) is 5.83. The van der Waals surface area contributed by atoms with E-state index in [0.29, 0.717) is 29.3 Å². The van der Waals surface area contributed by atoms with Crippen LogP contribution in [-0.4, -0.2) is 38.8 Å². The molecule has 1 aromatic carbocycles. The molecule has 0 spiro atoms. The molecule has 1 unspecified atom stereocenters. The van der Waals surface area contributed by atoms with Crippen molar-refractivity contribution in [2.24, 2.45) is 5.92 Å². The Bertz CT molecular complexity index is 943. The maximum Gasteiger partial charge on any atom is 0.252 e. The minimum Gasteiger partial charge on any atom is -0.494 e. The van der Waals surface area contributed by atoms with Gasteiger partial charge < -0.3 is 10.1 Å². The van der Waals surface area contributed by atoms with Gasteiger partial charge in [-0.1, -0.05) is 0 Å². The zero-order valence-electron chi connectivity index (χ0n) is 15.1. The Labute approximate surface area is 162 Å². The molecule has 0 bridgehead atoms. The van der Waals surface area contributed by atoms with Gasteiger partial charge in [0.1, 0.15) is 4.21 Å². The molecule has 1 aromatic heterocycles. The first-order valence-corrected chi connectivity index (χ1v) is 10.8. The lowest BCUT2D eigenvalue weighted by Gasteiger charge is -2.30. The van der Waals surface area contributed by atoms with Crippen molar-refractivity contribution in [1.82, 2.24) is 4.31 Å². The monoisotopic (exact) mass is 412 g/mol. The molecular formula is C18H21FN2O4S2. The smallest absolute Gasteiger partial charge is 0.252 e. The second-order valence-electron chi connectivity index (χ2n) is 6.41. The van der Waals surface area contributed by atoms with Crippen LogP contribution in [0.4, 0.5) is 10.1 Å². The average Bonchev–Trinajstić information content (AvgIpc) is 3.09. The first-order chi connectivity index (χ1) is 12.8. The minimum absolute atomic E-state index is 0.0918. The van der Waals surface area contributed by atoms with Crippen molar-refractivity contribution in [3.05, 3.63) is 41.0 Å². The second kappa shape index (κ2) is 7.95. The highest BCUT2D eigenvalue weighted by Gasteiger charge is 2.34. The molecule has 27 heavy (non-hydrogen) atoms. The standard InChI is InChI=1S/C18H21FN2O4S2/c1-12-5-8-17(26-12)27(23,24)21-9-3-4-13(11-21)18(22)20-14-6-7-16(25-2)15(19)10-14/h5-8,10,13H,3-4,9,11H2,1-2H3,(H,20,22). The van der Waals surface area contributed by atoms with Gasteiger partial charge in [0.15, 0.2) is 11.6 Å². The SMILES string of the molecule is COc1ccc(NC(=O)C2CCCN(S(=O)(=O)c3ccc(C)s3)C2)cc1F. The molecule has 1 aliphatic heterocycles. The number of anilines is 1. The number of amides is 1. The van der Waals surface area contributed by atoms with Crippen molar-refractivity contribution in [2.75, 3.05) is 25.5 Å². The number of halogens is 1. The van der Waals surface area contributed by atoms with Crippen molar-refractivity contribution >= 4 is 33.0 Å². The summed E-state index contributed by atoms with van der Waals surface area (Å²) in [7, 11) is -2.24. The largest absolute Gasteiger partial charge is 0.494 e. The van der Waals surface area contributed by atoms with Crippen LogP contribution in [0, 0.1) is 18.7 Å². The fraction of sp³-hybridized carbons (Fsp3) is 0.389. The van der Waals surface area contributed by atoms with E-state index in [9.17, 15) is 17.6 Å². The summed E-state index contributed by atoms with van der Waals surface area (Å²) in [5.74, 6) is -1.29. The average molecular weight is 413 g/mol. The van der Waals surface area contributed by atoms with Gasteiger partial charge in [0, 0.05) is 29.7 Å². The van der Waals surface area contributed by atoms with Crippen LogP contribution in [0.3, 0.4) is 0 Å². The third-order valence-electron chi connectivity index (χ3n) is 4.48. The maximum atomic E-state index is 13.8. The van der Waals surface area contributed by atoms with Crippen LogP contribution in [0.15, 0.2) is 34.5 Å². The van der Waals surface area contributed by atoms with E-state index in [1.54, 1.807) is 18.2 Å². The second-order valence-corrected chi connectivity index (χ2v) is 9.86. The zero-order valence-corrected chi connectivity index (χ0v) is 16.7. The molecule has 146 valence electrons. The van der Waals surface area contributed by atoms with Crippen LogP contribution in [0.25, 0.3) is 0 Å². The lowest BCUT2D eigenvalue weighted by atomic mass is 9.98. The van der Waals surface area contributed by atoms with E-state index in [4.69, 9.17) is 4.74 Å². The van der Waals surface area contributed by atoms with E-state index < -0.39 is 21.8 Å². The van der Waals surface area contributed by atoms with Crippen LogP contribution in [0.2, 0.25) is 0 Å². The summed E-state index contributed by atoms with van der Waals surface area (Å²) in [5, 5.41) is 2.67. The van der Waals surface area contributed by atoms with E-state index in [0.717, 1.165) is 4.88 Å². The molecule has 1 amide bonds. The highest BCUT2D eigenvalue weighted by Crippen LogP contribution is 2.29. The van der Waals surface area contributed by atoms with E-state index >= 15 is 0 Å². The number of thiophene rings is 1. The summed E-state index contributed by atoms with van der Waals surface area (Å²) in [6.07, 6.45) is 1.18. The lowest BCUT2D eigenvalue weighted by Crippen LogP contribution is -2.43. The van der Waals surface area contributed by atoms with Crippen LogP contribution in [0.5, 0.6) is 5.75 Å². The van der Waals surface area contributed by atoms with Gasteiger partial charge in [-0.25, -0.2) is 12.8 Å². The molecule has 6 nitrogen and oxygen atoms in total. The number of nitrogens with one attached hydrogen (secondary N) is 1. The van der Waals surface area contributed by atoms with Gasteiger partial charge in [0.2, 0.25) is 5.91 Å². The lowest BCUT2D eigenvalue weighted by molar-refractivity contribution is -0.120. The quantitative estimate of drug-likeness (QED) is 0.818. The van der Waals surface area contributed by atoms with Crippen molar-refractivity contribution in [3.8, 4) is 5.75 Å². The van der Waals surface area contributed by atoms with Gasteiger partial charge in [0.05, 0.1) is 13.0 Å². The number of aryl methyl sites for hydroxylation is 1. The molecule has 0 radical (unpaired) electrons. The number of hydrogen-bond donors (Lipinski definition) is 1. The zero-order chi connectivity index (χ0) is 19.6. The number of carbonyl (C=O) groups is 1. The number of rotatable bonds is 5. The Balaban J connectivity index is 1.70. The molecule has 0 saturated carbocycles. The summed E-state index contributed by atoms with van der Waals surface area (Å²) >= 11 is 1.22. The Morgan fingerprint density at radius 1 is 1.33 bits per heavy atom. The molecule has 9 heteroatoms. The van der Waals surface area contributed by atoms with Gasteiger partial charge in [0.25, 0.3) is 10.0 Å². The molecule has 1 atom stereocenters. The van der Waals surface area contributed by atoms with E-state index in [1.165, 1.54) is 34.9 Å². The predicted octanol–water partition coefficient (Wildman–Crippen LogP) is 3.24. The molecule has 2 aromatic rings. The van der Waals surface area contributed by atoms with Crippen LogP contribution >= 0.6 is 11.3 Å². The van der Waals surface area contributed by atoms with Gasteiger partial charge >= 0.3 is 0 Å². The number of methoxy groups -OCH3 is 1. The van der Waals surface area contributed by atoms with Crippen LogP contribution < -0.4 is 10.1 Å². The summed E-state index contributed by atoms with van der Waals surface area (Å²) in [6, 6.07) is 7.53.